The van der Waals surface area contributed by atoms with Crippen LogP contribution in [-0.2, 0) is 4.79 Å². The van der Waals surface area contributed by atoms with Gasteiger partial charge in [-0.3, -0.25) is 0 Å². The van der Waals surface area contributed by atoms with Crippen molar-refractivity contribution in [2.24, 2.45) is 0 Å². The van der Waals surface area contributed by atoms with Gasteiger partial charge in [-0.25, -0.2) is 0 Å². The molecule has 0 aromatic carbocycles. The normalized spacial score (nSPS) is 11.3. The van der Waals surface area contributed by atoms with E-state index in [0.717, 1.165) is 0 Å². The minimum absolute atomic E-state index is 0.424. The fourth-order valence-electron chi connectivity index (χ4n) is 0.262. The van der Waals surface area contributed by atoms with Crippen LogP contribution in [0.2, 0.25) is 0 Å². The molecule has 0 fully saturated rings. The second kappa shape index (κ2) is 5.09. The first-order chi connectivity index (χ1) is 4.36. The van der Waals surface area contributed by atoms with Crippen LogP contribution < -0.4 is 0 Å². The van der Waals surface area contributed by atoms with Crippen molar-refractivity contribution in [1.82, 2.24) is 0 Å². The van der Waals surface area contributed by atoms with E-state index in [1.807, 2.05) is 0 Å². The Bertz CT molecular complexity index is 169. The summed E-state index contributed by atoms with van der Waals surface area (Å²) in [7, 11) is 0. The Balaban J connectivity index is 4.13. The number of carboxylic acid groups (broad SMARTS) is 1. The fraction of sp³-hybridized carbons (Fsp3) is 0.333. The van der Waals surface area contributed by atoms with Gasteiger partial charge in [0.1, 0.15) is 0 Å². The maximum absolute atomic E-state index is 10.5. The number of hydrogen-bond donors (Lipinski definition) is 2. The third-order valence-electron chi connectivity index (χ3n) is 0.858. The van der Waals surface area contributed by atoms with Gasteiger partial charge in [-0.05, 0) is 0 Å². The molecule has 1 N–H and O–H groups in total. The van der Waals surface area contributed by atoms with E-state index >= 15 is 0 Å². The zero-order chi connectivity index (χ0) is 8.36. The van der Waals surface area contributed by atoms with Crippen molar-refractivity contribution < 1.29 is 9.90 Å². The zero-order valence-electron chi connectivity index (χ0n) is 5.62. The molecule has 0 aromatic heterocycles. The van der Waals surface area contributed by atoms with E-state index in [1.54, 1.807) is 0 Å². The van der Waals surface area contributed by atoms with Crippen LogP contribution in [0.15, 0.2) is 0 Å². The van der Waals surface area contributed by atoms with Gasteiger partial charge in [0.15, 0.2) is 0 Å². The summed E-state index contributed by atoms with van der Waals surface area (Å²) >= 11 is 11.0. The molecule has 0 spiro atoms. The van der Waals surface area contributed by atoms with Crippen LogP contribution in [-0.4, -0.2) is 69.7 Å². The van der Waals surface area contributed by atoms with E-state index in [1.165, 1.54) is 11.8 Å². The Kier molecular flexibility index (Phi) is 6.24. The summed E-state index contributed by atoms with van der Waals surface area (Å²) in [5.74, 6) is -0.757. The van der Waals surface area contributed by atoms with Gasteiger partial charge >= 0.3 is 111 Å². The van der Waals surface area contributed by atoms with Crippen molar-refractivity contribution in [2.45, 2.75) is -0.754 Å². The Morgan fingerprint density at radius 2 is 2.10 bits per heavy atom. The van der Waals surface area contributed by atoms with Crippen molar-refractivity contribution in [2.75, 3.05) is 0 Å². The molecule has 0 aliphatic heterocycles. The average Bonchev–Trinajstić information content (AvgIpc) is 1.60. The number of thiocarbonyl (C=S) groups is 1. The SMILES string of the molecule is O=C(O)[C]([Na])([Na])SC(=S)S. The predicted octanol–water partition coefficient (Wildman–Crippen LogP) is 0.00970. The molecule has 0 radical (unpaired) electrons. The fourth-order valence-corrected chi connectivity index (χ4v) is 5.24. The number of thiol groups is 1. The molecule has 0 saturated carbocycles. The molecular weight excluding hydrogens is 210 g/mol. The van der Waals surface area contributed by atoms with Crippen molar-refractivity contribution in [1.29, 1.82) is 0 Å². The van der Waals surface area contributed by atoms with E-state index in [9.17, 15) is 4.79 Å². The van der Waals surface area contributed by atoms with Crippen molar-refractivity contribution in [3.05, 3.63) is 0 Å². The van der Waals surface area contributed by atoms with Gasteiger partial charge in [-0.2, -0.15) is 0 Å². The van der Waals surface area contributed by atoms with E-state index in [4.69, 9.17) is 5.11 Å². The first kappa shape index (κ1) is 12.3. The van der Waals surface area contributed by atoms with Gasteiger partial charge in [0, 0.05) is 0 Å². The van der Waals surface area contributed by atoms with E-state index in [2.05, 4.69) is 24.8 Å². The monoisotopic (exact) mass is 212 g/mol. The number of rotatable bonds is 2. The molecule has 0 amide bonds. The molecule has 0 aliphatic carbocycles. The molecule has 7 heteroatoms. The van der Waals surface area contributed by atoms with Gasteiger partial charge in [0.2, 0.25) is 0 Å². The number of aliphatic carboxylic acids is 1. The van der Waals surface area contributed by atoms with E-state index in [-0.39, 0.29) is 0 Å². The van der Waals surface area contributed by atoms with Crippen LogP contribution in [0.25, 0.3) is 0 Å². The first-order valence-corrected chi connectivity index (χ1v) is 6.19. The molecule has 0 aromatic rings. The summed E-state index contributed by atoms with van der Waals surface area (Å²) < 4.78 is -0.161. The Hall–Kier alpha value is 2.26. The summed E-state index contributed by atoms with van der Waals surface area (Å²) in [5, 5.41) is 8.65. The summed E-state index contributed by atoms with van der Waals surface area (Å²) in [6, 6.07) is 0. The molecule has 0 heterocycles. The van der Waals surface area contributed by atoms with Gasteiger partial charge in [0.25, 0.3) is 0 Å². The van der Waals surface area contributed by atoms with Gasteiger partial charge in [0.05, 0.1) is 0 Å². The zero-order valence-corrected chi connectivity index (χ0v) is 12.1. The van der Waals surface area contributed by atoms with Crippen LogP contribution >= 0.6 is 36.6 Å². The Morgan fingerprint density at radius 3 is 2.20 bits per heavy atom. The summed E-state index contributed by atoms with van der Waals surface area (Å²) in [6.07, 6.45) is 0. The van der Waals surface area contributed by atoms with Crippen molar-refractivity contribution in [3.63, 3.8) is 0 Å². The van der Waals surface area contributed by atoms with Crippen molar-refractivity contribution >= 4 is 102 Å². The number of hydrogen-bond acceptors (Lipinski definition) is 3. The first-order valence-electron chi connectivity index (χ1n) is 2.51. The van der Waals surface area contributed by atoms with Crippen LogP contribution in [0.4, 0.5) is 0 Å². The predicted molar refractivity (Wildman–Crippen MR) is 51.0 cm³/mol. The summed E-state index contributed by atoms with van der Waals surface area (Å²) in [4.78, 5) is 10.5. The number of carbonyl (C=O) groups is 1. The molecule has 0 bridgehead atoms. The minimum atomic E-state index is -0.757. The van der Waals surface area contributed by atoms with E-state index in [0.29, 0.717) is 59.4 Å². The average molecular weight is 212 g/mol. The van der Waals surface area contributed by atoms with E-state index < -0.39 is 5.22 Å². The van der Waals surface area contributed by atoms with Gasteiger partial charge in [-0.1, -0.05) is 0 Å². The molecule has 0 aliphatic rings. The third kappa shape index (κ3) is 5.00. The molecule has 0 atom stereocenters. The van der Waals surface area contributed by atoms with Crippen LogP contribution in [0, 0.1) is 0 Å². The molecule has 0 rings (SSSR count). The number of thioether (sulfide) groups is 1. The van der Waals surface area contributed by atoms with Crippen LogP contribution in [0.3, 0.4) is 0 Å². The quantitative estimate of drug-likeness (QED) is 0.384. The standard InChI is InChI=1S/C3H2O2S3.2Na/c4-2(5)1-8-3(6)7;;/h(H,4,5)(H,6,7);;. The molecule has 46 valence electrons. The van der Waals surface area contributed by atoms with Gasteiger partial charge in [-0.15, -0.1) is 0 Å². The molecule has 0 unspecified atom stereocenters. The molecule has 2 nitrogen and oxygen atoms in total. The summed E-state index contributed by atoms with van der Waals surface area (Å²) in [5.41, 5.74) is 0. The third-order valence-corrected chi connectivity index (χ3v) is 4.32. The topological polar surface area (TPSA) is 37.3 Å². The van der Waals surface area contributed by atoms with Crippen LogP contribution in [0.1, 0.15) is 0 Å². The molecule has 0 saturated heterocycles. The Morgan fingerprint density at radius 1 is 1.70 bits per heavy atom. The molecule has 10 heavy (non-hydrogen) atoms. The molecular formula is C3H2Na2O2S3. The maximum atomic E-state index is 10.5. The summed E-state index contributed by atoms with van der Waals surface area (Å²) in [6.45, 7) is 0. The second-order valence-electron chi connectivity index (χ2n) is 2.18. The Labute approximate surface area is 109 Å². The van der Waals surface area contributed by atoms with Crippen molar-refractivity contribution in [3.8, 4) is 0 Å². The number of carboxylic acids is 1. The van der Waals surface area contributed by atoms with Crippen LogP contribution in [0.5, 0.6) is 0 Å². The second-order valence-corrected chi connectivity index (χ2v) is 13.0. The van der Waals surface area contributed by atoms with Gasteiger partial charge < -0.3 is 0 Å².